The molecule has 206 valence electrons. The fourth-order valence-electron chi connectivity index (χ4n) is 5.27. The third-order valence-corrected chi connectivity index (χ3v) is 6.94. The quantitative estimate of drug-likeness (QED) is 0.397. The molecule has 2 atom stereocenters. The third kappa shape index (κ3) is 7.59. The van der Waals surface area contributed by atoms with E-state index >= 15 is 0 Å². The van der Waals surface area contributed by atoms with Crippen molar-refractivity contribution in [3.8, 4) is 0 Å². The minimum absolute atomic E-state index is 0.0965. The zero-order valence-corrected chi connectivity index (χ0v) is 23.2. The van der Waals surface area contributed by atoms with E-state index in [4.69, 9.17) is 9.47 Å². The summed E-state index contributed by atoms with van der Waals surface area (Å²) < 4.78 is 10.4. The molecule has 2 aromatic rings. The van der Waals surface area contributed by atoms with Crippen LogP contribution in [0.5, 0.6) is 0 Å². The highest BCUT2D eigenvalue weighted by molar-refractivity contribution is 6.08. The summed E-state index contributed by atoms with van der Waals surface area (Å²) in [4.78, 5) is 37.6. The highest BCUT2D eigenvalue weighted by Crippen LogP contribution is 2.45. The smallest absolute Gasteiger partial charge is 0.407 e. The van der Waals surface area contributed by atoms with Gasteiger partial charge in [-0.25, -0.2) is 4.79 Å². The Morgan fingerprint density at radius 1 is 1.03 bits per heavy atom. The van der Waals surface area contributed by atoms with Crippen LogP contribution < -0.4 is 10.6 Å². The van der Waals surface area contributed by atoms with Crippen molar-refractivity contribution in [3.05, 3.63) is 82.9 Å². The summed E-state index contributed by atoms with van der Waals surface area (Å²) in [5.41, 5.74) is 4.54. The van der Waals surface area contributed by atoms with Crippen molar-refractivity contribution in [2.24, 2.45) is 11.8 Å². The molecule has 2 N–H and O–H groups in total. The number of para-hydroxylation sites is 1. The lowest BCUT2D eigenvalue weighted by atomic mass is 9.78. The van der Waals surface area contributed by atoms with Gasteiger partial charge in [0.25, 0.3) is 5.91 Å². The summed E-state index contributed by atoms with van der Waals surface area (Å²) in [5.74, 6) is 0.126. The van der Waals surface area contributed by atoms with Crippen LogP contribution in [0.1, 0.15) is 63.6 Å². The molecule has 2 aliphatic rings. The molecule has 7 heteroatoms. The average molecular weight is 531 g/mol. The maximum absolute atomic E-state index is 13.5. The van der Waals surface area contributed by atoms with Crippen LogP contribution in [0.4, 0.5) is 10.5 Å². The molecule has 2 aliphatic carbocycles. The average Bonchev–Trinajstić information content (AvgIpc) is 3.36. The number of rotatable bonds is 8. The van der Waals surface area contributed by atoms with Gasteiger partial charge in [-0.1, -0.05) is 48.9 Å². The number of benzene rings is 2. The molecule has 0 bridgehead atoms. The summed E-state index contributed by atoms with van der Waals surface area (Å²) in [6, 6.07) is 15.4. The predicted molar refractivity (Wildman–Crippen MR) is 152 cm³/mol. The van der Waals surface area contributed by atoms with Crippen LogP contribution in [-0.4, -0.2) is 30.2 Å². The first kappa shape index (κ1) is 28.1. The number of esters is 1. The Morgan fingerprint density at radius 2 is 1.82 bits per heavy atom. The molecule has 1 saturated carbocycles. The van der Waals surface area contributed by atoms with Gasteiger partial charge in [0.2, 0.25) is 0 Å². The molecule has 2 amide bonds. The van der Waals surface area contributed by atoms with Gasteiger partial charge in [-0.3, -0.25) is 9.59 Å². The monoisotopic (exact) mass is 530 g/mol. The zero-order valence-electron chi connectivity index (χ0n) is 23.2. The molecule has 4 rings (SSSR count). The number of amides is 2. The van der Waals surface area contributed by atoms with Gasteiger partial charge in [-0.2, -0.15) is 0 Å². The number of ether oxygens (including phenoxy) is 2. The molecular formula is C32H38N2O5. The first-order valence-corrected chi connectivity index (χ1v) is 13.7. The number of hydrogen-bond acceptors (Lipinski definition) is 5. The topological polar surface area (TPSA) is 93.7 Å². The van der Waals surface area contributed by atoms with E-state index in [2.05, 4.69) is 28.8 Å². The van der Waals surface area contributed by atoms with E-state index in [0.717, 1.165) is 36.0 Å². The first-order chi connectivity index (χ1) is 18.6. The van der Waals surface area contributed by atoms with Crippen molar-refractivity contribution in [1.29, 1.82) is 0 Å². The second kappa shape index (κ2) is 12.3. The van der Waals surface area contributed by atoms with Crippen molar-refractivity contribution in [1.82, 2.24) is 5.32 Å². The van der Waals surface area contributed by atoms with E-state index in [1.807, 2.05) is 57.2 Å². The van der Waals surface area contributed by atoms with Gasteiger partial charge in [0.05, 0.1) is 13.0 Å². The number of carbonyl (C=O) groups excluding carboxylic acids is 3. The second-order valence-electron chi connectivity index (χ2n) is 11.1. The number of fused-ring (bicyclic) bond motifs is 1. The largest absolute Gasteiger partial charge is 0.466 e. The van der Waals surface area contributed by atoms with Gasteiger partial charge in [0.15, 0.2) is 0 Å². The Hall–Kier alpha value is -3.87. The summed E-state index contributed by atoms with van der Waals surface area (Å²) in [5, 5.41) is 5.85. The number of anilines is 1. The summed E-state index contributed by atoms with van der Waals surface area (Å²) in [7, 11) is 0. The first-order valence-electron chi connectivity index (χ1n) is 13.7. The minimum Gasteiger partial charge on any atom is -0.466 e. The van der Waals surface area contributed by atoms with Gasteiger partial charge in [-0.15, -0.1) is 0 Å². The molecule has 2 unspecified atom stereocenters. The number of hydrogen-bond donors (Lipinski definition) is 2. The van der Waals surface area contributed by atoms with Crippen LogP contribution in [0, 0.1) is 11.8 Å². The minimum atomic E-state index is -0.557. The van der Waals surface area contributed by atoms with Crippen LogP contribution in [-0.2, 0) is 32.0 Å². The Morgan fingerprint density at radius 3 is 2.59 bits per heavy atom. The molecule has 0 saturated heterocycles. The highest BCUT2D eigenvalue weighted by atomic mass is 16.6. The molecule has 0 aromatic heterocycles. The summed E-state index contributed by atoms with van der Waals surface area (Å²) in [6.07, 6.45) is 6.96. The normalized spacial score (nSPS) is 18.4. The van der Waals surface area contributed by atoms with Crippen LogP contribution >= 0.6 is 0 Å². The van der Waals surface area contributed by atoms with Crippen LogP contribution in [0.2, 0.25) is 0 Å². The lowest BCUT2D eigenvalue weighted by molar-refractivity contribution is -0.142. The van der Waals surface area contributed by atoms with Crippen molar-refractivity contribution in [2.45, 2.75) is 65.5 Å². The number of alkyl carbamates (subject to hydrolysis) is 1. The lowest BCUT2D eigenvalue weighted by Crippen LogP contribution is -2.32. The third-order valence-electron chi connectivity index (χ3n) is 6.94. The number of nitrogens with one attached hydrogen (secondary N) is 2. The van der Waals surface area contributed by atoms with Crippen molar-refractivity contribution >= 4 is 29.2 Å². The molecule has 2 aromatic carbocycles. The van der Waals surface area contributed by atoms with Gasteiger partial charge in [0.1, 0.15) is 5.60 Å². The zero-order chi connectivity index (χ0) is 28.0. The van der Waals surface area contributed by atoms with E-state index in [9.17, 15) is 14.4 Å². The van der Waals surface area contributed by atoms with E-state index in [1.165, 1.54) is 0 Å². The van der Waals surface area contributed by atoms with Gasteiger partial charge >= 0.3 is 12.1 Å². The standard InChI is InChI=1S/C32H38N2O5/c1-5-38-29(35)19-24-11-6-7-15-28(24)34-30(36)25-17-23-13-9-14-26(23)27(18-25)22-12-8-10-21(16-22)20-33-31(37)39-32(2,3)4/h6-8,10-12,15-18,23,26H,5,9,13-14,19-20H2,1-4H3,(H,33,37)(H,34,36). The van der Waals surface area contributed by atoms with E-state index in [0.29, 0.717) is 41.8 Å². The summed E-state index contributed by atoms with van der Waals surface area (Å²) >= 11 is 0. The van der Waals surface area contributed by atoms with E-state index < -0.39 is 11.7 Å². The molecule has 0 spiro atoms. The fourth-order valence-corrected chi connectivity index (χ4v) is 5.27. The highest BCUT2D eigenvalue weighted by Gasteiger charge is 2.33. The van der Waals surface area contributed by atoms with E-state index in [-0.39, 0.29) is 18.3 Å². The SMILES string of the molecule is CCOC(=O)Cc1ccccc1NC(=O)C1=CC2CCCC2C(c2cccc(CNC(=O)OC(C)(C)C)c2)=C1. The molecule has 39 heavy (non-hydrogen) atoms. The number of carbonyl (C=O) groups is 3. The molecular weight excluding hydrogens is 492 g/mol. The Balaban J connectivity index is 1.53. The van der Waals surface area contributed by atoms with Gasteiger partial charge in [0, 0.05) is 17.8 Å². The second-order valence-corrected chi connectivity index (χ2v) is 11.1. The predicted octanol–water partition coefficient (Wildman–Crippen LogP) is 6.20. The van der Waals surface area contributed by atoms with Crippen LogP contribution in [0.3, 0.4) is 0 Å². The number of allylic oxidation sites excluding steroid dienone is 2. The molecule has 7 nitrogen and oxygen atoms in total. The summed E-state index contributed by atoms with van der Waals surface area (Å²) in [6.45, 7) is 7.94. The Labute approximate surface area is 230 Å². The fraction of sp³-hybridized carbons (Fsp3) is 0.406. The Bertz CT molecular complexity index is 1290. The molecule has 0 radical (unpaired) electrons. The molecule has 1 fully saturated rings. The van der Waals surface area contributed by atoms with E-state index in [1.54, 1.807) is 13.0 Å². The maximum Gasteiger partial charge on any atom is 0.407 e. The van der Waals surface area contributed by atoms with Crippen molar-refractivity contribution in [2.75, 3.05) is 11.9 Å². The van der Waals surface area contributed by atoms with Crippen LogP contribution in [0.15, 0.2) is 66.3 Å². The van der Waals surface area contributed by atoms with Crippen molar-refractivity contribution < 1.29 is 23.9 Å². The van der Waals surface area contributed by atoms with Gasteiger partial charge in [-0.05, 0) is 92.8 Å². The lowest BCUT2D eigenvalue weighted by Gasteiger charge is -2.26. The van der Waals surface area contributed by atoms with Crippen LogP contribution in [0.25, 0.3) is 5.57 Å². The molecule has 0 aliphatic heterocycles. The molecule has 0 heterocycles. The Kier molecular flexibility index (Phi) is 8.90. The van der Waals surface area contributed by atoms with Gasteiger partial charge < -0.3 is 20.1 Å². The maximum atomic E-state index is 13.5. The van der Waals surface area contributed by atoms with Crippen molar-refractivity contribution in [3.63, 3.8) is 0 Å².